The summed E-state index contributed by atoms with van der Waals surface area (Å²) in [5.41, 5.74) is -0.507. The lowest BCUT2D eigenvalue weighted by Crippen LogP contribution is -2.19. The van der Waals surface area contributed by atoms with Gasteiger partial charge in [-0.2, -0.15) is 18.3 Å². The lowest BCUT2D eigenvalue weighted by Gasteiger charge is -2.15. The second-order valence-corrected chi connectivity index (χ2v) is 6.06. The van der Waals surface area contributed by atoms with E-state index in [0.29, 0.717) is 11.4 Å². The van der Waals surface area contributed by atoms with E-state index in [9.17, 15) is 18.0 Å². The van der Waals surface area contributed by atoms with E-state index in [4.69, 9.17) is 4.74 Å². The Bertz CT molecular complexity index is 953. The standard InChI is InChI=1S/C20H18F3N3O2/c1-14-13-18(24-19(27)11-12-28-15-7-3-2-4-8-15)26(25-14)17-10-6-5-9-16(17)20(21,22)23/h2-10,13H,11-12H2,1H3,(H,24,27). The monoisotopic (exact) mass is 389 g/mol. The first-order chi connectivity index (χ1) is 13.3. The molecule has 0 fully saturated rings. The van der Waals surface area contributed by atoms with Crippen molar-refractivity contribution < 1.29 is 22.7 Å². The van der Waals surface area contributed by atoms with Crippen molar-refractivity contribution >= 4 is 11.7 Å². The molecule has 3 rings (SSSR count). The number of amides is 1. The van der Waals surface area contributed by atoms with Crippen molar-refractivity contribution in [2.45, 2.75) is 19.5 Å². The van der Waals surface area contributed by atoms with Crippen LogP contribution in [0.25, 0.3) is 5.69 Å². The quantitative estimate of drug-likeness (QED) is 0.670. The van der Waals surface area contributed by atoms with Gasteiger partial charge in [0.25, 0.3) is 0 Å². The van der Waals surface area contributed by atoms with Crippen molar-refractivity contribution in [3.63, 3.8) is 0 Å². The van der Waals surface area contributed by atoms with Crippen LogP contribution in [-0.4, -0.2) is 22.3 Å². The van der Waals surface area contributed by atoms with E-state index in [1.54, 1.807) is 19.1 Å². The van der Waals surface area contributed by atoms with Gasteiger partial charge in [0.2, 0.25) is 5.91 Å². The number of carbonyl (C=O) groups excluding carboxylic acids is 1. The minimum Gasteiger partial charge on any atom is -0.493 e. The van der Waals surface area contributed by atoms with Crippen LogP contribution in [0.4, 0.5) is 19.0 Å². The number of hydrogen-bond acceptors (Lipinski definition) is 3. The van der Waals surface area contributed by atoms with Crippen molar-refractivity contribution in [1.82, 2.24) is 9.78 Å². The SMILES string of the molecule is Cc1cc(NC(=O)CCOc2ccccc2)n(-c2ccccc2C(F)(F)F)n1. The maximum atomic E-state index is 13.3. The second-order valence-electron chi connectivity index (χ2n) is 6.06. The van der Waals surface area contributed by atoms with Crippen LogP contribution in [0.2, 0.25) is 0 Å². The van der Waals surface area contributed by atoms with E-state index in [2.05, 4.69) is 10.4 Å². The number of para-hydroxylation sites is 2. The number of hydrogen-bond donors (Lipinski definition) is 1. The first-order valence-electron chi connectivity index (χ1n) is 8.55. The van der Waals surface area contributed by atoms with E-state index in [1.807, 2.05) is 18.2 Å². The van der Waals surface area contributed by atoms with Crippen molar-refractivity contribution in [2.75, 3.05) is 11.9 Å². The summed E-state index contributed by atoms with van der Waals surface area (Å²) in [4.78, 5) is 12.2. The van der Waals surface area contributed by atoms with Gasteiger partial charge in [0, 0.05) is 6.07 Å². The van der Waals surface area contributed by atoms with Crippen LogP contribution in [-0.2, 0) is 11.0 Å². The van der Waals surface area contributed by atoms with Gasteiger partial charge in [0.15, 0.2) is 0 Å². The molecule has 0 spiro atoms. The zero-order valence-corrected chi connectivity index (χ0v) is 15.0. The van der Waals surface area contributed by atoms with E-state index in [0.717, 1.165) is 10.7 Å². The molecular weight excluding hydrogens is 371 g/mol. The number of halogens is 3. The number of nitrogens with zero attached hydrogens (tertiary/aromatic N) is 2. The molecule has 1 heterocycles. The van der Waals surface area contributed by atoms with Crippen LogP contribution < -0.4 is 10.1 Å². The number of anilines is 1. The highest BCUT2D eigenvalue weighted by Gasteiger charge is 2.34. The third-order valence-corrected chi connectivity index (χ3v) is 3.88. The summed E-state index contributed by atoms with van der Waals surface area (Å²) < 4.78 is 46.5. The van der Waals surface area contributed by atoms with Crippen LogP contribution in [0, 0.1) is 6.92 Å². The predicted octanol–water partition coefficient (Wildman–Crippen LogP) is 4.61. The van der Waals surface area contributed by atoms with Crippen LogP contribution in [0.5, 0.6) is 5.75 Å². The highest BCUT2D eigenvalue weighted by Crippen LogP contribution is 2.34. The Labute approximate surface area is 159 Å². The number of alkyl halides is 3. The van der Waals surface area contributed by atoms with Crippen molar-refractivity contribution in [3.8, 4) is 11.4 Å². The largest absolute Gasteiger partial charge is 0.493 e. The predicted molar refractivity (Wildman–Crippen MR) is 98.5 cm³/mol. The molecule has 28 heavy (non-hydrogen) atoms. The molecule has 0 saturated carbocycles. The van der Waals surface area contributed by atoms with Crippen LogP contribution >= 0.6 is 0 Å². The summed E-state index contributed by atoms with van der Waals surface area (Å²) in [6.07, 6.45) is -4.50. The van der Waals surface area contributed by atoms with Crippen LogP contribution in [0.3, 0.4) is 0 Å². The lowest BCUT2D eigenvalue weighted by atomic mass is 10.1. The molecule has 0 aliphatic carbocycles. The molecule has 0 aliphatic rings. The van der Waals surface area contributed by atoms with Crippen LogP contribution in [0.1, 0.15) is 17.7 Å². The average molecular weight is 389 g/mol. The Morgan fingerprint density at radius 2 is 1.79 bits per heavy atom. The Hall–Kier alpha value is -3.29. The first kappa shape index (κ1) is 19.5. The van der Waals surface area contributed by atoms with Crippen molar-refractivity contribution in [2.24, 2.45) is 0 Å². The highest BCUT2D eigenvalue weighted by molar-refractivity contribution is 5.90. The van der Waals surface area contributed by atoms with Gasteiger partial charge in [-0.25, -0.2) is 4.68 Å². The molecule has 0 aliphatic heterocycles. The summed E-state index contributed by atoms with van der Waals surface area (Å²) in [5, 5.41) is 6.72. The van der Waals surface area contributed by atoms with E-state index < -0.39 is 11.7 Å². The lowest BCUT2D eigenvalue weighted by molar-refractivity contribution is -0.137. The molecule has 0 atom stereocenters. The van der Waals surface area contributed by atoms with E-state index >= 15 is 0 Å². The zero-order chi connectivity index (χ0) is 20.1. The van der Waals surface area contributed by atoms with Gasteiger partial charge in [0.05, 0.1) is 30.0 Å². The average Bonchev–Trinajstić information content (AvgIpc) is 3.02. The molecule has 1 aromatic heterocycles. The number of aryl methyl sites for hydroxylation is 1. The molecule has 8 heteroatoms. The number of ether oxygens (including phenoxy) is 1. The topological polar surface area (TPSA) is 56.1 Å². The Morgan fingerprint density at radius 3 is 2.50 bits per heavy atom. The van der Waals surface area contributed by atoms with E-state index in [-0.39, 0.29) is 30.4 Å². The molecule has 0 radical (unpaired) electrons. The molecule has 146 valence electrons. The van der Waals surface area contributed by atoms with Gasteiger partial charge in [-0.05, 0) is 31.2 Å². The Kier molecular flexibility index (Phi) is 5.67. The number of rotatable bonds is 6. The highest BCUT2D eigenvalue weighted by atomic mass is 19.4. The second kappa shape index (κ2) is 8.16. The summed E-state index contributed by atoms with van der Waals surface area (Å²) in [6.45, 7) is 1.78. The van der Waals surface area contributed by atoms with Gasteiger partial charge in [-0.1, -0.05) is 30.3 Å². The third-order valence-electron chi connectivity index (χ3n) is 3.88. The molecule has 3 aromatic rings. The third kappa shape index (κ3) is 4.70. The van der Waals surface area contributed by atoms with Crippen molar-refractivity contribution in [1.29, 1.82) is 0 Å². The zero-order valence-electron chi connectivity index (χ0n) is 15.0. The molecule has 5 nitrogen and oxygen atoms in total. The Morgan fingerprint density at radius 1 is 1.11 bits per heavy atom. The normalized spacial score (nSPS) is 11.3. The minimum absolute atomic E-state index is 0.0417. The molecule has 1 amide bonds. The molecule has 2 aromatic carbocycles. The van der Waals surface area contributed by atoms with Crippen molar-refractivity contribution in [3.05, 3.63) is 71.9 Å². The maximum Gasteiger partial charge on any atom is 0.418 e. The van der Waals surface area contributed by atoms with Gasteiger partial charge >= 0.3 is 6.18 Å². The molecule has 0 saturated heterocycles. The summed E-state index contributed by atoms with van der Waals surface area (Å²) >= 11 is 0. The molecule has 0 unspecified atom stereocenters. The fraction of sp³-hybridized carbons (Fsp3) is 0.200. The van der Waals surface area contributed by atoms with Gasteiger partial charge in [0.1, 0.15) is 11.6 Å². The fourth-order valence-corrected chi connectivity index (χ4v) is 2.65. The van der Waals surface area contributed by atoms with E-state index in [1.165, 1.54) is 24.3 Å². The number of carbonyl (C=O) groups is 1. The molecule has 0 bridgehead atoms. The van der Waals surface area contributed by atoms with Gasteiger partial charge in [-0.3, -0.25) is 4.79 Å². The minimum atomic E-state index is -4.54. The van der Waals surface area contributed by atoms with Gasteiger partial charge < -0.3 is 10.1 Å². The summed E-state index contributed by atoms with van der Waals surface area (Å²) in [5.74, 6) is 0.413. The van der Waals surface area contributed by atoms with Crippen LogP contribution in [0.15, 0.2) is 60.7 Å². The molecule has 1 N–H and O–H groups in total. The van der Waals surface area contributed by atoms with Gasteiger partial charge in [-0.15, -0.1) is 0 Å². The Balaban J connectivity index is 1.74. The maximum absolute atomic E-state index is 13.3. The number of benzene rings is 2. The number of aromatic nitrogens is 2. The summed E-state index contributed by atoms with van der Waals surface area (Å²) in [6, 6.07) is 15.6. The number of nitrogens with one attached hydrogen (secondary N) is 1. The molecular formula is C20H18F3N3O2. The first-order valence-corrected chi connectivity index (χ1v) is 8.55. The fourth-order valence-electron chi connectivity index (χ4n) is 2.65. The summed E-state index contributed by atoms with van der Waals surface area (Å²) in [7, 11) is 0. The smallest absolute Gasteiger partial charge is 0.418 e.